The molecule has 4 N–H and O–H groups in total. The molecule has 0 spiro atoms. The van der Waals surface area contributed by atoms with Crippen LogP contribution in [0.3, 0.4) is 0 Å². The summed E-state index contributed by atoms with van der Waals surface area (Å²) in [6, 6.07) is 0. The molecule has 2 heterocycles. The summed E-state index contributed by atoms with van der Waals surface area (Å²) < 4.78 is 5.30. The van der Waals surface area contributed by atoms with E-state index in [2.05, 4.69) is 9.97 Å². The number of morpholine rings is 1. The van der Waals surface area contributed by atoms with Gasteiger partial charge in [-0.25, -0.2) is 4.98 Å². The average molecular weight is 226 g/mol. The molecular weight excluding hydrogens is 212 g/mol. The van der Waals surface area contributed by atoms with Crippen molar-refractivity contribution in [3.8, 4) is 0 Å². The van der Waals surface area contributed by atoms with Crippen LogP contribution in [0.5, 0.6) is 0 Å². The van der Waals surface area contributed by atoms with Crippen LogP contribution < -0.4 is 16.2 Å². The zero-order chi connectivity index (χ0) is 11.5. The fourth-order valence-electron chi connectivity index (χ4n) is 1.68. The normalized spacial score (nSPS) is 21.1. The number of nitrogens with zero attached hydrogens (tertiary/aromatic N) is 2. The fourth-order valence-corrected chi connectivity index (χ4v) is 1.68. The van der Waals surface area contributed by atoms with Gasteiger partial charge in [-0.2, -0.15) is 0 Å². The van der Waals surface area contributed by atoms with Gasteiger partial charge in [0.25, 0.3) is 5.56 Å². The molecular formula is C9H14N4O3. The number of H-pyrrole nitrogens is 1. The van der Waals surface area contributed by atoms with Gasteiger partial charge in [-0.05, 0) is 0 Å². The zero-order valence-electron chi connectivity index (χ0n) is 8.72. The van der Waals surface area contributed by atoms with Gasteiger partial charge in [0.05, 0.1) is 25.6 Å². The first-order valence-electron chi connectivity index (χ1n) is 5.03. The van der Waals surface area contributed by atoms with Crippen LogP contribution in [0.2, 0.25) is 0 Å². The number of aliphatic hydroxyl groups is 1. The first-order chi connectivity index (χ1) is 7.72. The SMILES string of the molecule is Nc1c(N2CCOC(CO)C2)nc[nH]c1=O. The van der Waals surface area contributed by atoms with E-state index < -0.39 is 0 Å². The van der Waals surface area contributed by atoms with E-state index in [1.165, 1.54) is 6.33 Å². The average Bonchev–Trinajstić information content (AvgIpc) is 2.33. The Morgan fingerprint density at radius 1 is 1.75 bits per heavy atom. The largest absolute Gasteiger partial charge is 0.394 e. The Bertz CT molecular complexity index is 419. The highest BCUT2D eigenvalue weighted by atomic mass is 16.5. The Morgan fingerprint density at radius 3 is 3.31 bits per heavy atom. The molecule has 7 nitrogen and oxygen atoms in total. The summed E-state index contributed by atoms with van der Waals surface area (Å²) in [5.74, 6) is 0.450. The number of ether oxygens (including phenoxy) is 1. The molecule has 0 saturated carbocycles. The first-order valence-corrected chi connectivity index (χ1v) is 5.03. The first kappa shape index (κ1) is 10.9. The van der Waals surface area contributed by atoms with Crippen LogP contribution in [-0.2, 0) is 4.74 Å². The van der Waals surface area contributed by atoms with Crippen LogP contribution in [0.4, 0.5) is 11.5 Å². The summed E-state index contributed by atoms with van der Waals surface area (Å²) in [6.45, 7) is 1.52. The van der Waals surface area contributed by atoms with E-state index in [9.17, 15) is 4.79 Å². The molecule has 1 aliphatic heterocycles. The molecule has 1 atom stereocenters. The van der Waals surface area contributed by atoms with Gasteiger partial charge in [-0.15, -0.1) is 0 Å². The lowest BCUT2D eigenvalue weighted by atomic mass is 10.2. The zero-order valence-corrected chi connectivity index (χ0v) is 8.72. The lowest BCUT2D eigenvalue weighted by Crippen LogP contribution is -2.45. The number of aromatic amines is 1. The lowest BCUT2D eigenvalue weighted by molar-refractivity contribution is 0.00339. The Hall–Kier alpha value is -1.60. The Labute approximate surface area is 91.9 Å². The minimum atomic E-state index is -0.350. The maximum Gasteiger partial charge on any atom is 0.276 e. The second-order valence-corrected chi connectivity index (χ2v) is 3.59. The maximum atomic E-state index is 11.3. The number of nitrogens with one attached hydrogen (secondary N) is 1. The number of anilines is 2. The Morgan fingerprint density at radius 2 is 2.56 bits per heavy atom. The smallest absolute Gasteiger partial charge is 0.276 e. The second-order valence-electron chi connectivity index (χ2n) is 3.59. The number of rotatable bonds is 2. The van der Waals surface area contributed by atoms with E-state index >= 15 is 0 Å². The summed E-state index contributed by atoms with van der Waals surface area (Å²) in [4.78, 5) is 19.6. The van der Waals surface area contributed by atoms with Crippen molar-refractivity contribution in [3.63, 3.8) is 0 Å². The number of aliphatic hydroxyl groups excluding tert-OH is 1. The maximum absolute atomic E-state index is 11.3. The molecule has 1 fully saturated rings. The van der Waals surface area contributed by atoms with Crippen LogP contribution in [0, 0.1) is 0 Å². The molecule has 88 valence electrons. The summed E-state index contributed by atoms with van der Waals surface area (Å²) in [5, 5.41) is 9.01. The molecule has 0 radical (unpaired) electrons. The van der Waals surface area contributed by atoms with Crippen molar-refractivity contribution in [2.75, 3.05) is 36.9 Å². The molecule has 0 aliphatic carbocycles. The van der Waals surface area contributed by atoms with Gasteiger partial charge in [0.2, 0.25) is 0 Å². The predicted molar refractivity (Wildman–Crippen MR) is 58.3 cm³/mol. The van der Waals surface area contributed by atoms with Gasteiger partial charge in [-0.3, -0.25) is 4.79 Å². The molecule has 1 saturated heterocycles. The van der Waals surface area contributed by atoms with Crippen LogP contribution in [0.1, 0.15) is 0 Å². The fraction of sp³-hybridized carbons (Fsp3) is 0.556. The molecule has 7 heteroatoms. The van der Waals surface area contributed by atoms with Crippen molar-refractivity contribution >= 4 is 11.5 Å². The van der Waals surface area contributed by atoms with Crippen molar-refractivity contribution in [1.82, 2.24) is 9.97 Å². The summed E-state index contributed by atoms with van der Waals surface area (Å²) in [6.07, 6.45) is 1.06. The standard InChI is InChI=1S/C9H14N4O3/c10-7-8(11-5-12-9(7)15)13-1-2-16-6(3-13)4-14/h5-6,14H,1-4,10H2,(H,11,12,15). The van der Waals surface area contributed by atoms with Crippen LogP contribution in [0.15, 0.2) is 11.1 Å². The van der Waals surface area contributed by atoms with Gasteiger partial charge in [0, 0.05) is 13.1 Å². The summed E-state index contributed by atoms with van der Waals surface area (Å²) in [5.41, 5.74) is 5.40. The molecule has 0 bridgehead atoms. The molecule has 1 aromatic rings. The number of hydrogen-bond acceptors (Lipinski definition) is 6. The van der Waals surface area contributed by atoms with E-state index in [1.807, 2.05) is 4.90 Å². The van der Waals surface area contributed by atoms with E-state index in [-0.39, 0.29) is 24.0 Å². The third-order valence-electron chi connectivity index (χ3n) is 2.51. The van der Waals surface area contributed by atoms with Gasteiger partial charge in [0.15, 0.2) is 5.82 Å². The molecule has 1 aromatic heterocycles. The lowest BCUT2D eigenvalue weighted by Gasteiger charge is -2.33. The third kappa shape index (κ3) is 2.00. The molecule has 1 unspecified atom stereocenters. The second kappa shape index (κ2) is 4.50. The van der Waals surface area contributed by atoms with Gasteiger partial charge in [-0.1, -0.05) is 0 Å². The molecule has 1 aliphatic rings. The summed E-state index contributed by atoms with van der Waals surface area (Å²) >= 11 is 0. The van der Waals surface area contributed by atoms with Crippen molar-refractivity contribution in [3.05, 3.63) is 16.7 Å². The van der Waals surface area contributed by atoms with Gasteiger partial charge in [0.1, 0.15) is 5.69 Å². The predicted octanol–water partition coefficient (Wildman–Crippen LogP) is -1.45. The summed E-state index contributed by atoms with van der Waals surface area (Å²) in [7, 11) is 0. The van der Waals surface area contributed by atoms with Gasteiger partial charge < -0.3 is 25.5 Å². The highest BCUT2D eigenvalue weighted by Crippen LogP contribution is 2.18. The monoisotopic (exact) mass is 226 g/mol. The Balaban J connectivity index is 2.23. The van der Waals surface area contributed by atoms with Crippen LogP contribution >= 0.6 is 0 Å². The van der Waals surface area contributed by atoms with E-state index in [4.69, 9.17) is 15.6 Å². The number of nitrogens with two attached hydrogens (primary N) is 1. The van der Waals surface area contributed by atoms with E-state index in [0.29, 0.717) is 25.5 Å². The highest BCUT2D eigenvalue weighted by molar-refractivity contribution is 5.61. The molecule has 0 aromatic carbocycles. The van der Waals surface area contributed by atoms with Crippen molar-refractivity contribution in [2.45, 2.75) is 6.10 Å². The minimum absolute atomic E-state index is 0.0560. The van der Waals surface area contributed by atoms with Crippen molar-refractivity contribution < 1.29 is 9.84 Å². The van der Waals surface area contributed by atoms with E-state index in [0.717, 1.165) is 0 Å². The van der Waals surface area contributed by atoms with Crippen LogP contribution in [0.25, 0.3) is 0 Å². The number of nitrogen functional groups attached to an aromatic ring is 1. The topological polar surface area (TPSA) is 104 Å². The van der Waals surface area contributed by atoms with Gasteiger partial charge >= 0.3 is 0 Å². The third-order valence-corrected chi connectivity index (χ3v) is 2.51. The quantitative estimate of drug-likeness (QED) is 0.570. The molecule has 16 heavy (non-hydrogen) atoms. The molecule has 0 amide bonds. The van der Waals surface area contributed by atoms with Crippen molar-refractivity contribution in [2.24, 2.45) is 0 Å². The highest BCUT2D eigenvalue weighted by Gasteiger charge is 2.22. The van der Waals surface area contributed by atoms with Crippen LogP contribution in [-0.4, -0.2) is 47.5 Å². The Kier molecular flexibility index (Phi) is 3.07. The molecule has 2 rings (SSSR count). The number of aromatic nitrogens is 2. The van der Waals surface area contributed by atoms with E-state index in [1.54, 1.807) is 0 Å². The minimum Gasteiger partial charge on any atom is -0.394 e. The number of hydrogen-bond donors (Lipinski definition) is 3. The van der Waals surface area contributed by atoms with Crippen molar-refractivity contribution in [1.29, 1.82) is 0 Å².